The molecule has 26 heavy (non-hydrogen) atoms. The van der Waals surface area contributed by atoms with Crippen molar-refractivity contribution < 1.29 is 17.6 Å². The molecule has 2 N–H and O–H groups in total. The maximum absolute atomic E-state index is 14.7. The Morgan fingerprint density at radius 1 is 1.31 bits per heavy atom. The third-order valence-corrected chi connectivity index (χ3v) is 7.05. The normalized spacial score (nSPS) is 28.3. The molecule has 0 unspecified atom stereocenters. The summed E-state index contributed by atoms with van der Waals surface area (Å²) in [6.07, 6.45) is 1.33. The van der Waals surface area contributed by atoms with Gasteiger partial charge in [0.05, 0.1) is 21.3 Å². The Hall–Kier alpha value is -1.50. The first-order chi connectivity index (χ1) is 12.4. The van der Waals surface area contributed by atoms with Crippen LogP contribution in [0.1, 0.15) is 24.1 Å². The van der Waals surface area contributed by atoms with Gasteiger partial charge in [-0.1, -0.05) is 12.1 Å². The second kappa shape index (κ2) is 6.59. The summed E-state index contributed by atoms with van der Waals surface area (Å²) in [7, 11) is 0. The number of anilines is 1. The summed E-state index contributed by atoms with van der Waals surface area (Å²) in [5.74, 6) is 0. The lowest BCUT2D eigenvalue weighted by Crippen LogP contribution is -2.52. The molecule has 2 aliphatic heterocycles. The number of fused-ring (bicyclic) bond motifs is 3. The number of benzene rings is 1. The van der Waals surface area contributed by atoms with Crippen molar-refractivity contribution in [1.29, 1.82) is 5.26 Å². The van der Waals surface area contributed by atoms with Crippen LogP contribution in [-0.4, -0.2) is 29.8 Å². The zero-order valence-corrected chi connectivity index (χ0v) is 15.1. The minimum absolute atomic E-state index is 0.0266. The van der Waals surface area contributed by atoms with Crippen LogP contribution in [0, 0.1) is 11.3 Å². The van der Waals surface area contributed by atoms with E-state index in [9.17, 15) is 22.8 Å². The van der Waals surface area contributed by atoms with Gasteiger partial charge in [-0.05, 0) is 37.1 Å². The van der Waals surface area contributed by atoms with E-state index < -0.39 is 11.7 Å². The van der Waals surface area contributed by atoms with Gasteiger partial charge in [-0.3, -0.25) is 0 Å². The Labute approximate surface area is 155 Å². The number of alkyl halides is 4. The number of hydrogen-bond donors (Lipinski definition) is 2. The van der Waals surface area contributed by atoms with Crippen LogP contribution in [0.3, 0.4) is 0 Å². The molecular weight excluding hydrogens is 386 g/mol. The Balaban J connectivity index is 1.69. The smallest absolute Gasteiger partial charge is 0.378 e. The van der Waals surface area contributed by atoms with Crippen molar-refractivity contribution >= 4 is 38.9 Å². The molecule has 0 saturated carbocycles. The van der Waals surface area contributed by atoms with E-state index in [0.717, 1.165) is 24.2 Å². The van der Waals surface area contributed by atoms with Crippen LogP contribution < -0.4 is 10.6 Å². The highest BCUT2D eigenvalue weighted by Crippen LogP contribution is 2.47. The fourth-order valence-corrected chi connectivity index (χ4v) is 5.78. The van der Waals surface area contributed by atoms with Crippen molar-refractivity contribution in [2.75, 3.05) is 5.32 Å². The predicted octanol–water partition coefficient (Wildman–Crippen LogP) is 5.03. The number of halogens is 4. The Morgan fingerprint density at radius 3 is 2.85 bits per heavy atom. The van der Waals surface area contributed by atoms with Crippen molar-refractivity contribution in [3.8, 4) is 6.07 Å². The molecule has 0 aliphatic carbocycles. The fraction of sp³-hybridized carbons (Fsp3) is 0.471. The van der Waals surface area contributed by atoms with Crippen LogP contribution in [0.4, 0.5) is 23.2 Å². The third kappa shape index (κ3) is 3.26. The molecule has 2 bridgehead atoms. The van der Waals surface area contributed by atoms with Crippen molar-refractivity contribution in [3.05, 3.63) is 23.1 Å². The first kappa shape index (κ1) is 17.9. The summed E-state index contributed by atoms with van der Waals surface area (Å²) in [6.45, 7) is 0. The molecule has 2 saturated heterocycles. The molecule has 1 aromatic heterocycles. The summed E-state index contributed by atoms with van der Waals surface area (Å²) in [5, 5.41) is 16.1. The van der Waals surface area contributed by atoms with Gasteiger partial charge in [0, 0.05) is 17.5 Å². The van der Waals surface area contributed by atoms with Gasteiger partial charge in [0.1, 0.15) is 17.1 Å². The number of rotatable bonds is 3. The van der Waals surface area contributed by atoms with E-state index >= 15 is 0 Å². The van der Waals surface area contributed by atoms with E-state index in [1.807, 2.05) is 6.07 Å². The van der Waals surface area contributed by atoms with E-state index in [-0.39, 0.29) is 39.7 Å². The Morgan fingerprint density at radius 2 is 2.12 bits per heavy atom. The molecular formula is C17H15F4N3S2. The maximum atomic E-state index is 14.7. The highest BCUT2D eigenvalue weighted by atomic mass is 32.2. The summed E-state index contributed by atoms with van der Waals surface area (Å²) in [5.41, 5.74) is -3.88. The SMILES string of the molecule is N#Cc1sc2c(N[C@@H]3C[C@H]4CC[C@H](N4)[C@@H]3F)cccc2c1SC(F)(F)F. The number of thiophene rings is 1. The number of nitriles is 1. The second-order valence-electron chi connectivity index (χ2n) is 6.58. The van der Waals surface area contributed by atoms with Gasteiger partial charge in [-0.25, -0.2) is 4.39 Å². The number of nitrogens with zero attached hydrogens (tertiary/aromatic N) is 1. The lowest BCUT2D eigenvalue weighted by molar-refractivity contribution is -0.0327. The van der Waals surface area contributed by atoms with Gasteiger partial charge in [0.2, 0.25) is 0 Å². The molecule has 2 aliphatic rings. The fourth-order valence-electron chi connectivity index (χ4n) is 3.84. The molecule has 1 aromatic carbocycles. The molecule has 0 spiro atoms. The molecule has 2 fully saturated rings. The Bertz CT molecular complexity index is 873. The first-order valence-corrected chi connectivity index (χ1v) is 9.87. The highest BCUT2D eigenvalue weighted by molar-refractivity contribution is 8.00. The summed E-state index contributed by atoms with van der Waals surface area (Å²) in [4.78, 5) is -0.0513. The van der Waals surface area contributed by atoms with Crippen molar-refractivity contribution in [2.24, 2.45) is 0 Å². The van der Waals surface area contributed by atoms with Gasteiger partial charge in [-0.15, -0.1) is 11.3 Å². The van der Waals surface area contributed by atoms with E-state index in [0.29, 0.717) is 22.2 Å². The Kier molecular flexibility index (Phi) is 4.53. The topological polar surface area (TPSA) is 47.9 Å². The second-order valence-corrected chi connectivity index (χ2v) is 8.68. The van der Waals surface area contributed by atoms with Crippen LogP contribution in [0.5, 0.6) is 0 Å². The van der Waals surface area contributed by atoms with Crippen LogP contribution in [-0.2, 0) is 0 Å². The first-order valence-electron chi connectivity index (χ1n) is 8.23. The molecule has 0 radical (unpaired) electrons. The highest BCUT2D eigenvalue weighted by Gasteiger charge is 2.42. The standard InChI is InChI=1S/C17H15F4N3S2/c18-14-10-5-4-8(23-10)6-12(14)24-11-3-1-2-9-15(11)25-13(7-22)16(9)26-17(19,20)21/h1-3,8,10,12,14,23-24H,4-6H2/t8-,10+,12-,14+/m1/s1. The zero-order valence-electron chi connectivity index (χ0n) is 13.4. The van der Waals surface area contributed by atoms with Gasteiger partial charge in [0.15, 0.2) is 0 Å². The maximum Gasteiger partial charge on any atom is 0.446 e. The molecule has 0 amide bonds. The lowest BCUT2D eigenvalue weighted by atomic mass is 9.97. The van der Waals surface area contributed by atoms with Crippen molar-refractivity contribution in [2.45, 2.75) is 54.0 Å². The molecule has 138 valence electrons. The quantitative estimate of drug-likeness (QED) is 0.560. The van der Waals surface area contributed by atoms with Gasteiger partial charge >= 0.3 is 5.51 Å². The number of hydrogen-bond acceptors (Lipinski definition) is 5. The number of thioether (sulfide) groups is 1. The van der Waals surface area contributed by atoms with E-state index in [4.69, 9.17) is 0 Å². The molecule has 4 rings (SSSR count). The third-order valence-electron chi connectivity index (χ3n) is 4.91. The van der Waals surface area contributed by atoms with Crippen LogP contribution >= 0.6 is 23.1 Å². The van der Waals surface area contributed by atoms with E-state index in [2.05, 4.69) is 10.6 Å². The van der Waals surface area contributed by atoms with Crippen LogP contribution in [0.25, 0.3) is 10.1 Å². The van der Waals surface area contributed by atoms with Crippen LogP contribution in [0.2, 0.25) is 0 Å². The minimum Gasteiger partial charge on any atom is -0.378 e. The van der Waals surface area contributed by atoms with Gasteiger partial charge in [0.25, 0.3) is 0 Å². The minimum atomic E-state index is -4.47. The summed E-state index contributed by atoms with van der Waals surface area (Å²) < 4.78 is 53.8. The zero-order chi connectivity index (χ0) is 18.5. The molecule has 3 heterocycles. The van der Waals surface area contributed by atoms with Crippen molar-refractivity contribution in [1.82, 2.24) is 5.32 Å². The average Bonchev–Trinajstić information content (AvgIpc) is 3.14. The van der Waals surface area contributed by atoms with Crippen LogP contribution in [0.15, 0.2) is 23.1 Å². The van der Waals surface area contributed by atoms with E-state index in [1.165, 1.54) is 0 Å². The molecule has 9 heteroatoms. The lowest BCUT2D eigenvalue weighted by Gasteiger charge is -2.34. The summed E-state index contributed by atoms with van der Waals surface area (Å²) in [6, 6.07) is 6.53. The number of nitrogens with one attached hydrogen (secondary N) is 2. The summed E-state index contributed by atoms with van der Waals surface area (Å²) >= 11 is 0.746. The van der Waals surface area contributed by atoms with Gasteiger partial charge < -0.3 is 10.6 Å². The number of piperidine rings is 1. The molecule has 3 nitrogen and oxygen atoms in total. The molecule has 4 atom stereocenters. The van der Waals surface area contributed by atoms with Gasteiger partial charge in [-0.2, -0.15) is 18.4 Å². The molecule has 2 aromatic rings. The monoisotopic (exact) mass is 401 g/mol. The largest absolute Gasteiger partial charge is 0.446 e. The predicted molar refractivity (Wildman–Crippen MR) is 95.3 cm³/mol. The van der Waals surface area contributed by atoms with E-state index in [1.54, 1.807) is 18.2 Å². The average molecular weight is 401 g/mol. The van der Waals surface area contributed by atoms with Crippen molar-refractivity contribution in [3.63, 3.8) is 0 Å².